The number of nitrogens with one attached hydrogen (secondary N) is 1. The number of methoxy groups -OCH3 is 1. The molecule has 1 N–H and O–H groups in total. The van der Waals surface area contributed by atoms with Crippen LogP contribution in [-0.4, -0.2) is 13.0 Å². The number of halogens is 3. The quantitative estimate of drug-likeness (QED) is 0.868. The number of hydrogen-bond donors (Lipinski definition) is 1. The molecule has 2 rings (SSSR count). The summed E-state index contributed by atoms with van der Waals surface area (Å²) in [6.45, 7) is 0. The molecular weight excluding hydrogens is 321 g/mol. The lowest BCUT2D eigenvalue weighted by Gasteiger charge is -2.11. The molecule has 1 amide bonds. The maximum atomic E-state index is 12.3. The van der Waals surface area contributed by atoms with E-state index in [-0.39, 0.29) is 5.91 Å². The Kier molecular flexibility index (Phi) is 4.76. The smallest absolute Gasteiger partial charge is 0.259 e. The predicted octanol–water partition coefficient (Wildman–Crippen LogP) is 4.91. The van der Waals surface area contributed by atoms with Gasteiger partial charge in [-0.3, -0.25) is 4.79 Å². The van der Waals surface area contributed by atoms with Crippen molar-refractivity contribution >= 4 is 46.4 Å². The van der Waals surface area contributed by atoms with E-state index in [0.717, 1.165) is 0 Å². The maximum Gasteiger partial charge on any atom is 0.259 e. The molecule has 0 heterocycles. The van der Waals surface area contributed by atoms with Crippen LogP contribution in [0.25, 0.3) is 0 Å². The Bertz CT molecular complexity index is 659. The molecule has 0 saturated carbocycles. The average Bonchev–Trinajstić information content (AvgIpc) is 2.42. The third-order valence-electron chi connectivity index (χ3n) is 2.58. The molecule has 3 nitrogen and oxygen atoms in total. The highest BCUT2D eigenvalue weighted by Gasteiger charge is 2.14. The summed E-state index contributed by atoms with van der Waals surface area (Å²) < 4.78 is 5.13. The van der Waals surface area contributed by atoms with Crippen LogP contribution in [0, 0.1) is 0 Å². The van der Waals surface area contributed by atoms with Crippen molar-refractivity contribution in [3.8, 4) is 5.75 Å². The van der Waals surface area contributed by atoms with E-state index in [1.807, 2.05) is 0 Å². The first-order chi connectivity index (χ1) is 9.51. The Balaban J connectivity index is 2.32. The molecule has 0 aliphatic rings. The number of rotatable bonds is 3. The van der Waals surface area contributed by atoms with Gasteiger partial charge in [0.1, 0.15) is 5.75 Å². The van der Waals surface area contributed by atoms with Crippen molar-refractivity contribution in [3.05, 3.63) is 57.0 Å². The van der Waals surface area contributed by atoms with Gasteiger partial charge in [0.2, 0.25) is 0 Å². The van der Waals surface area contributed by atoms with Crippen molar-refractivity contribution in [2.75, 3.05) is 12.4 Å². The molecule has 2 aromatic carbocycles. The molecule has 2 aromatic rings. The number of amides is 1. The normalized spacial score (nSPS) is 10.2. The molecule has 6 heteroatoms. The highest BCUT2D eigenvalue weighted by atomic mass is 35.5. The molecule has 0 unspecified atom stereocenters. The minimum absolute atomic E-state index is 0.316. The Morgan fingerprint density at radius 3 is 2.40 bits per heavy atom. The van der Waals surface area contributed by atoms with Crippen molar-refractivity contribution in [2.24, 2.45) is 0 Å². The van der Waals surface area contributed by atoms with E-state index in [2.05, 4.69) is 5.32 Å². The van der Waals surface area contributed by atoms with Crippen LogP contribution < -0.4 is 10.1 Å². The van der Waals surface area contributed by atoms with Crippen LogP contribution in [0.15, 0.2) is 36.4 Å². The van der Waals surface area contributed by atoms with Gasteiger partial charge in [-0.15, -0.1) is 0 Å². The molecule has 0 spiro atoms. The van der Waals surface area contributed by atoms with Crippen LogP contribution in [0.3, 0.4) is 0 Å². The van der Waals surface area contributed by atoms with E-state index in [0.29, 0.717) is 32.1 Å². The minimum Gasteiger partial charge on any atom is -0.496 e. The molecule has 0 bridgehead atoms. The van der Waals surface area contributed by atoms with Crippen LogP contribution in [0.2, 0.25) is 15.1 Å². The summed E-state index contributed by atoms with van der Waals surface area (Å²) in [5.41, 5.74) is 0.738. The zero-order valence-electron chi connectivity index (χ0n) is 10.4. The van der Waals surface area contributed by atoms with Crippen molar-refractivity contribution in [3.63, 3.8) is 0 Å². The molecule has 104 valence electrons. The van der Waals surface area contributed by atoms with Crippen molar-refractivity contribution in [1.82, 2.24) is 0 Å². The van der Waals surface area contributed by atoms with Gasteiger partial charge < -0.3 is 10.1 Å². The summed E-state index contributed by atoms with van der Waals surface area (Å²) in [5.74, 6) is 0.0403. The SMILES string of the molecule is COc1ccc(Cl)cc1C(=O)Nc1cc(Cl)ccc1Cl. The number of benzene rings is 2. The fourth-order valence-electron chi connectivity index (χ4n) is 1.64. The average molecular weight is 331 g/mol. The summed E-state index contributed by atoms with van der Waals surface area (Å²) in [5, 5.41) is 3.98. The lowest BCUT2D eigenvalue weighted by Crippen LogP contribution is -2.13. The number of ether oxygens (including phenoxy) is 1. The van der Waals surface area contributed by atoms with Gasteiger partial charge in [0.25, 0.3) is 5.91 Å². The molecule has 0 saturated heterocycles. The zero-order chi connectivity index (χ0) is 14.7. The van der Waals surface area contributed by atoms with Gasteiger partial charge in [0.15, 0.2) is 0 Å². The highest BCUT2D eigenvalue weighted by Crippen LogP contribution is 2.28. The van der Waals surface area contributed by atoms with Gasteiger partial charge in [-0.1, -0.05) is 34.8 Å². The zero-order valence-corrected chi connectivity index (χ0v) is 12.7. The number of hydrogen-bond acceptors (Lipinski definition) is 2. The molecule has 0 fully saturated rings. The summed E-state index contributed by atoms with van der Waals surface area (Å²) in [6.07, 6.45) is 0. The minimum atomic E-state index is -0.381. The number of anilines is 1. The van der Waals surface area contributed by atoms with Gasteiger partial charge in [-0.2, -0.15) is 0 Å². The predicted molar refractivity (Wildman–Crippen MR) is 82.4 cm³/mol. The first-order valence-electron chi connectivity index (χ1n) is 5.61. The first-order valence-corrected chi connectivity index (χ1v) is 6.74. The fraction of sp³-hybridized carbons (Fsp3) is 0.0714. The first kappa shape index (κ1) is 15.0. The third kappa shape index (κ3) is 3.37. The second kappa shape index (κ2) is 6.35. The van der Waals surface area contributed by atoms with Gasteiger partial charge in [0.05, 0.1) is 23.4 Å². The van der Waals surface area contributed by atoms with E-state index in [9.17, 15) is 4.79 Å². The summed E-state index contributed by atoms with van der Waals surface area (Å²) >= 11 is 17.8. The van der Waals surface area contributed by atoms with Crippen molar-refractivity contribution in [1.29, 1.82) is 0 Å². The van der Waals surface area contributed by atoms with E-state index in [4.69, 9.17) is 39.5 Å². The molecule has 0 aliphatic carbocycles. The van der Waals surface area contributed by atoms with E-state index < -0.39 is 0 Å². The van der Waals surface area contributed by atoms with Crippen LogP contribution in [-0.2, 0) is 0 Å². The van der Waals surface area contributed by atoms with E-state index in [1.54, 1.807) is 30.3 Å². The second-order valence-electron chi connectivity index (χ2n) is 3.92. The summed E-state index contributed by atoms with van der Waals surface area (Å²) in [7, 11) is 1.48. The van der Waals surface area contributed by atoms with E-state index >= 15 is 0 Å². The largest absolute Gasteiger partial charge is 0.496 e. The van der Waals surface area contributed by atoms with E-state index in [1.165, 1.54) is 13.2 Å². The van der Waals surface area contributed by atoms with Gasteiger partial charge in [0, 0.05) is 10.0 Å². The van der Waals surface area contributed by atoms with Crippen LogP contribution in [0.1, 0.15) is 10.4 Å². The van der Waals surface area contributed by atoms with Gasteiger partial charge in [-0.05, 0) is 36.4 Å². The topological polar surface area (TPSA) is 38.3 Å². The van der Waals surface area contributed by atoms with Crippen LogP contribution in [0.5, 0.6) is 5.75 Å². The lowest BCUT2D eigenvalue weighted by molar-refractivity contribution is 0.102. The maximum absolute atomic E-state index is 12.3. The van der Waals surface area contributed by atoms with Crippen molar-refractivity contribution in [2.45, 2.75) is 0 Å². The van der Waals surface area contributed by atoms with Gasteiger partial charge >= 0.3 is 0 Å². The highest BCUT2D eigenvalue weighted by molar-refractivity contribution is 6.36. The lowest BCUT2D eigenvalue weighted by atomic mass is 10.2. The molecule has 0 aromatic heterocycles. The molecular formula is C14H10Cl3NO2. The Morgan fingerprint density at radius 2 is 1.70 bits per heavy atom. The summed E-state index contributed by atoms with van der Waals surface area (Å²) in [4.78, 5) is 12.3. The van der Waals surface area contributed by atoms with Crippen LogP contribution >= 0.6 is 34.8 Å². The Morgan fingerprint density at radius 1 is 1.05 bits per heavy atom. The van der Waals surface area contributed by atoms with Crippen molar-refractivity contribution < 1.29 is 9.53 Å². The standard InChI is InChI=1S/C14H10Cl3NO2/c1-20-13-5-3-8(15)6-10(13)14(19)18-12-7-9(16)2-4-11(12)17/h2-7H,1H3,(H,18,19). The summed E-state index contributed by atoms with van der Waals surface area (Å²) in [6, 6.07) is 9.60. The second-order valence-corrected chi connectivity index (χ2v) is 5.20. The monoisotopic (exact) mass is 329 g/mol. The molecule has 20 heavy (non-hydrogen) atoms. The molecule has 0 aliphatic heterocycles. The van der Waals surface area contributed by atoms with Crippen LogP contribution in [0.4, 0.5) is 5.69 Å². The number of carbonyl (C=O) groups is 1. The number of carbonyl (C=O) groups excluding carboxylic acids is 1. The third-order valence-corrected chi connectivity index (χ3v) is 3.38. The molecule has 0 radical (unpaired) electrons. The fourth-order valence-corrected chi connectivity index (χ4v) is 2.15. The Hall–Kier alpha value is -1.42. The molecule has 0 atom stereocenters. The van der Waals surface area contributed by atoms with Gasteiger partial charge in [-0.25, -0.2) is 0 Å². The Labute approximate surface area is 131 Å².